The van der Waals surface area contributed by atoms with Gasteiger partial charge in [-0.05, 0) is 12.1 Å². The molecule has 0 bridgehead atoms. The molecule has 0 fully saturated rings. The van der Waals surface area contributed by atoms with Crippen LogP contribution in [0.25, 0.3) is 0 Å². The van der Waals surface area contributed by atoms with Crippen molar-refractivity contribution in [2.24, 2.45) is 0 Å². The molecule has 4 heteroatoms. The van der Waals surface area contributed by atoms with E-state index in [0.717, 1.165) is 17.1 Å². The first-order valence-corrected chi connectivity index (χ1v) is 4.28. The number of benzene rings is 1. The van der Waals surface area contributed by atoms with Crippen LogP contribution in [-0.4, -0.2) is 10.2 Å². The topological polar surface area (TPSA) is 47.0 Å². The van der Waals surface area contributed by atoms with Crippen LogP contribution in [0.4, 0.5) is 11.4 Å². The van der Waals surface area contributed by atoms with E-state index in [0.29, 0.717) is 5.75 Å². The number of nitrogens with zero attached hydrogens (tertiary/aromatic N) is 2. The Hall–Kier alpha value is -2.10. The summed E-state index contributed by atoms with van der Waals surface area (Å²) in [5, 5.41) is 10.7. The van der Waals surface area contributed by atoms with Crippen LogP contribution in [0.5, 0.6) is 11.5 Å². The number of nitrogens with one attached hydrogen (secondary N) is 1. The molecule has 2 aromatic rings. The van der Waals surface area contributed by atoms with E-state index in [4.69, 9.17) is 4.74 Å². The van der Waals surface area contributed by atoms with Crippen LogP contribution in [0.15, 0.2) is 36.7 Å². The van der Waals surface area contributed by atoms with E-state index in [1.807, 2.05) is 24.3 Å². The summed E-state index contributed by atoms with van der Waals surface area (Å²) < 4.78 is 5.61. The standard InChI is InChI=1S/C10H7N3O/c1-2-4-9-7(3-1)13-8-5-11-12-6-10(8)14-9/h1-6,13H. The van der Waals surface area contributed by atoms with Crippen LogP contribution in [0.1, 0.15) is 0 Å². The molecule has 0 atom stereocenters. The zero-order valence-electron chi connectivity index (χ0n) is 7.27. The molecule has 2 heterocycles. The average molecular weight is 185 g/mol. The van der Waals surface area contributed by atoms with Gasteiger partial charge in [0.1, 0.15) is 5.69 Å². The summed E-state index contributed by atoms with van der Waals surface area (Å²) in [7, 11) is 0. The predicted molar refractivity (Wildman–Crippen MR) is 51.8 cm³/mol. The SMILES string of the molecule is c1ccc2c(c1)Nc1cnncc1O2. The first-order chi connectivity index (χ1) is 6.93. The van der Waals surface area contributed by atoms with Crippen molar-refractivity contribution in [1.29, 1.82) is 0 Å². The Balaban J connectivity index is 2.12. The molecule has 0 spiro atoms. The van der Waals surface area contributed by atoms with Crippen molar-refractivity contribution in [1.82, 2.24) is 10.2 Å². The third-order valence-corrected chi connectivity index (χ3v) is 2.07. The van der Waals surface area contributed by atoms with E-state index < -0.39 is 0 Å². The third-order valence-electron chi connectivity index (χ3n) is 2.07. The van der Waals surface area contributed by atoms with Gasteiger partial charge in [-0.25, -0.2) is 0 Å². The van der Waals surface area contributed by atoms with E-state index in [2.05, 4.69) is 15.5 Å². The van der Waals surface area contributed by atoms with E-state index in [1.54, 1.807) is 12.4 Å². The van der Waals surface area contributed by atoms with E-state index in [1.165, 1.54) is 0 Å². The number of hydrogen-bond donors (Lipinski definition) is 1. The molecule has 1 N–H and O–H groups in total. The number of para-hydroxylation sites is 2. The van der Waals surface area contributed by atoms with Crippen LogP contribution in [0, 0.1) is 0 Å². The Morgan fingerprint density at radius 1 is 0.929 bits per heavy atom. The molecule has 0 saturated heterocycles. The molecule has 1 aliphatic rings. The van der Waals surface area contributed by atoms with Crippen molar-refractivity contribution in [3.8, 4) is 11.5 Å². The monoisotopic (exact) mass is 185 g/mol. The van der Waals surface area contributed by atoms with Crippen molar-refractivity contribution < 1.29 is 4.74 Å². The fourth-order valence-corrected chi connectivity index (χ4v) is 1.41. The van der Waals surface area contributed by atoms with Gasteiger partial charge in [-0.2, -0.15) is 10.2 Å². The summed E-state index contributed by atoms with van der Waals surface area (Å²) in [6, 6.07) is 7.75. The second kappa shape index (κ2) is 2.70. The number of fused-ring (bicyclic) bond motifs is 2. The van der Waals surface area contributed by atoms with Gasteiger partial charge < -0.3 is 10.1 Å². The van der Waals surface area contributed by atoms with Crippen LogP contribution in [0.3, 0.4) is 0 Å². The maximum Gasteiger partial charge on any atom is 0.172 e. The minimum absolute atomic E-state index is 0.707. The van der Waals surface area contributed by atoms with Crippen molar-refractivity contribution in [3.63, 3.8) is 0 Å². The molecule has 0 amide bonds. The highest BCUT2D eigenvalue weighted by Crippen LogP contribution is 2.40. The van der Waals surface area contributed by atoms with E-state index in [9.17, 15) is 0 Å². The van der Waals surface area contributed by atoms with Crippen molar-refractivity contribution in [2.45, 2.75) is 0 Å². The van der Waals surface area contributed by atoms with Crippen LogP contribution >= 0.6 is 0 Å². The average Bonchev–Trinajstić information content (AvgIpc) is 2.26. The summed E-state index contributed by atoms with van der Waals surface area (Å²) in [5.74, 6) is 1.52. The quantitative estimate of drug-likeness (QED) is 0.583. The molecular weight excluding hydrogens is 178 g/mol. The van der Waals surface area contributed by atoms with Gasteiger partial charge in [0.15, 0.2) is 11.5 Å². The largest absolute Gasteiger partial charge is 0.451 e. The Labute approximate surface area is 80.6 Å². The number of aromatic nitrogens is 2. The summed E-state index contributed by atoms with van der Waals surface area (Å²) >= 11 is 0. The van der Waals surface area contributed by atoms with Gasteiger partial charge in [0.25, 0.3) is 0 Å². The fourth-order valence-electron chi connectivity index (χ4n) is 1.41. The normalized spacial score (nSPS) is 12.0. The first kappa shape index (κ1) is 7.32. The van der Waals surface area contributed by atoms with E-state index >= 15 is 0 Å². The Morgan fingerprint density at radius 3 is 2.79 bits per heavy atom. The van der Waals surface area contributed by atoms with Crippen molar-refractivity contribution >= 4 is 11.4 Å². The molecule has 0 unspecified atom stereocenters. The second-order valence-electron chi connectivity index (χ2n) is 2.99. The molecule has 1 aromatic carbocycles. The first-order valence-electron chi connectivity index (χ1n) is 4.28. The maximum atomic E-state index is 5.61. The van der Waals surface area contributed by atoms with Gasteiger partial charge in [0, 0.05) is 0 Å². The van der Waals surface area contributed by atoms with Crippen molar-refractivity contribution in [3.05, 3.63) is 36.7 Å². The summed E-state index contributed by atoms with van der Waals surface area (Å²) in [6.45, 7) is 0. The molecule has 0 aliphatic carbocycles. The number of ether oxygens (including phenoxy) is 1. The second-order valence-corrected chi connectivity index (χ2v) is 2.99. The Bertz CT molecular complexity index is 397. The molecule has 1 aliphatic heterocycles. The third kappa shape index (κ3) is 1.01. The Morgan fingerprint density at radius 2 is 1.79 bits per heavy atom. The lowest BCUT2D eigenvalue weighted by atomic mass is 10.2. The Kier molecular flexibility index (Phi) is 1.41. The molecule has 1 aromatic heterocycles. The highest BCUT2D eigenvalue weighted by Gasteiger charge is 2.15. The minimum atomic E-state index is 0.707. The van der Waals surface area contributed by atoms with E-state index in [-0.39, 0.29) is 0 Å². The van der Waals surface area contributed by atoms with Gasteiger partial charge in [0.2, 0.25) is 0 Å². The molecule has 4 nitrogen and oxygen atoms in total. The van der Waals surface area contributed by atoms with Crippen LogP contribution in [-0.2, 0) is 0 Å². The van der Waals surface area contributed by atoms with Crippen LogP contribution in [0.2, 0.25) is 0 Å². The lowest BCUT2D eigenvalue weighted by Gasteiger charge is -2.19. The zero-order chi connectivity index (χ0) is 9.38. The van der Waals surface area contributed by atoms with Crippen molar-refractivity contribution in [2.75, 3.05) is 5.32 Å². The highest BCUT2D eigenvalue weighted by atomic mass is 16.5. The molecular formula is C10H7N3O. The lowest BCUT2D eigenvalue weighted by Crippen LogP contribution is -2.03. The van der Waals surface area contributed by atoms with Gasteiger partial charge in [-0.1, -0.05) is 12.1 Å². The minimum Gasteiger partial charge on any atom is -0.451 e. The summed E-state index contributed by atoms with van der Waals surface area (Å²) in [6.07, 6.45) is 3.24. The molecule has 0 saturated carbocycles. The predicted octanol–water partition coefficient (Wildman–Crippen LogP) is 2.33. The van der Waals surface area contributed by atoms with Gasteiger partial charge in [-0.15, -0.1) is 0 Å². The van der Waals surface area contributed by atoms with Gasteiger partial charge in [0.05, 0.1) is 18.1 Å². The van der Waals surface area contributed by atoms with Gasteiger partial charge in [-0.3, -0.25) is 0 Å². The summed E-state index contributed by atoms with van der Waals surface area (Å²) in [4.78, 5) is 0. The number of hydrogen-bond acceptors (Lipinski definition) is 4. The molecule has 68 valence electrons. The molecule has 3 rings (SSSR count). The summed E-state index contributed by atoms with van der Waals surface area (Å²) in [5.41, 5.74) is 1.80. The van der Waals surface area contributed by atoms with Crippen LogP contribution < -0.4 is 10.1 Å². The smallest absolute Gasteiger partial charge is 0.172 e. The lowest BCUT2D eigenvalue weighted by molar-refractivity contribution is 0.477. The molecule has 14 heavy (non-hydrogen) atoms. The molecule has 0 radical (unpaired) electrons. The number of anilines is 2. The zero-order valence-corrected chi connectivity index (χ0v) is 7.27. The maximum absolute atomic E-state index is 5.61. The number of rotatable bonds is 0. The highest BCUT2D eigenvalue weighted by molar-refractivity contribution is 5.73. The van der Waals surface area contributed by atoms with Gasteiger partial charge >= 0.3 is 0 Å². The fraction of sp³-hybridized carbons (Fsp3) is 0.